The average molecular weight is 1410 g/mol. The molecule has 0 spiro atoms. The van der Waals surface area contributed by atoms with Gasteiger partial charge in [-0.2, -0.15) is 0 Å². The Bertz CT molecular complexity index is 1940. The van der Waals surface area contributed by atoms with E-state index >= 15 is 0 Å². The fourth-order valence-corrected chi connectivity index (χ4v) is 12.9. The predicted octanol–water partition coefficient (Wildman–Crippen LogP) is 22.4. The third kappa shape index (κ3) is 68.7. The van der Waals surface area contributed by atoms with Gasteiger partial charge in [-0.15, -0.1) is 0 Å². The molecule has 0 saturated heterocycles. The molecule has 0 amide bonds. The number of aliphatic hydroxyl groups is 1. The molecule has 0 aliphatic carbocycles. The molecule has 0 heterocycles. The molecular formula is C77H146O17P2. The minimum atomic E-state index is -4.96. The van der Waals surface area contributed by atoms with Crippen molar-refractivity contribution in [1.82, 2.24) is 0 Å². The maximum Gasteiger partial charge on any atom is 0.472 e. The molecule has 19 heteroatoms. The molecule has 17 nitrogen and oxygen atoms in total. The van der Waals surface area contributed by atoms with E-state index in [0.717, 1.165) is 115 Å². The molecule has 566 valence electrons. The number of phosphoric acid groups is 2. The van der Waals surface area contributed by atoms with Crippen molar-refractivity contribution in [2.24, 2.45) is 5.92 Å². The van der Waals surface area contributed by atoms with Gasteiger partial charge in [0.1, 0.15) is 19.3 Å². The number of hydrogen-bond donors (Lipinski definition) is 3. The molecule has 0 aromatic carbocycles. The number of phosphoric ester groups is 2. The first-order valence-corrected chi connectivity index (χ1v) is 42.5. The predicted molar refractivity (Wildman–Crippen MR) is 391 cm³/mol. The number of esters is 4. The van der Waals surface area contributed by atoms with Gasteiger partial charge in [0.05, 0.1) is 26.4 Å². The molecule has 3 N–H and O–H groups in total. The largest absolute Gasteiger partial charge is 0.472 e. The standard InChI is InChI=1S/C77H146O17P2/c1-6-10-13-16-19-22-24-26-28-29-30-31-32-33-34-36-38-40-43-46-52-57-62-76(81)93-72(66-88-75(80)61-56-51-45-42-39-37-35-27-25-23-20-17-14-11-7-2)68-91-95(83,84)89-64-71(78)65-90-96(85,86)92-69-73(67-87-74(79)60-55-50-44-41-21-18-15-12-8-3)94-77(82)63-58-53-48-47-49-54-59-70(5)9-4/h23,25,27,35,70-73,78H,6-22,24,26,28-34,36-69H2,1-5H3,(H,83,84)(H,85,86)/b25-23-,35-27-/t70?,71-,72-,73-/m1/s1. The fourth-order valence-electron chi connectivity index (χ4n) is 11.3. The van der Waals surface area contributed by atoms with Crippen LogP contribution in [0.3, 0.4) is 0 Å². The van der Waals surface area contributed by atoms with Gasteiger partial charge in [-0.3, -0.25) is 37.3 Å². The van der Waals surface area contributed by atoms with Gasteiger partial charge in [-0.05, 0) is 57.3 Å². The van der Waals surface area contributed by atoms with E-state index in [-0.39, 0.29) is 25.7 Å². The minimum absolute atomic E-state index is 0.101. The molecule has 0 aliphatic rings. The van der Waals surface area contributed by atoms with E-state index in [0.29, 0.717) is 25.7 Å². The summed E-state index contributed by atoms with van der Waals surface area (Å²) >= 11 is 0. The Morgan fingerprint density at radius 2 is 0.583 bits per heavy atom. The van der Waals surface area contributed by atoms with E-state index in [1.165, 1.54) is 186 Å². The first-order valence-electron chi connectivity index (χ1n) is 39.5. The number of hydrogen-bond acceptors (Lipinski definition) is 15. The maximum absolute atomic E-state index is 13.1. The lowest BCUT2D eigenvalue weighted by Crippen LogP contribution is -2.30. The Morgan fingerprint density at radius 3 is 0.885 bits per heavy atom. The molecule has 0 rings (SSSR count). The summed E-state index contributed by atoms with van der Waals surface area (Å²) in [6, 6.07) is 0. The summed E-state index contributed by atoms with van der Waals surface area (Å²) in [7, 11) is -9.92. The molecule has 96 heavy (non-hydrogen) atoms. The van der Waals surface area contributed by atoms with Gasteiger partial charge in [0, 0.05) is 25.7 Å². The highest BCUT2D eigenvalue weighted by atomic mass is 31.2. The lowest BCUT2D eigenvalue weighted by Gasteiger charge is -2.21. The second-order valence-corrected chi connectivity index (χ2v) is 30.2. The highest BCUT2D eigenvalue weighted by Gasteiger charge is 2.30. The summed E-state index contributed by atoms with van der Waals surface area (Å²) in [5.41, 5.74) is 0. The van der Waals surface area contributed by atoms with Gasteiger partial charge >= 0.3 is 39.5 Å². The van der Waals surface area contributed by atoms with Crippen LogP contribution in [-0.4, -0.2) is 96.7 Å². The Morgan fingerprint density at radius 1 is 0.333 bits per heavy atom. The number of unbranched alkanes of at least 4 members (excludes halogenated alkanes) is 43. The highest BCUT2D eigenvalue weighted by Crippen LogP contribution is 2.45. The molecule has 0 saturated carbocycles. The lowest BCUT2D eigenvalue weighted by atomic mass is 10.00. The topological polar surface area (TPSA) is 237 Å². The molecule has 0 aromatic heterocycles. The van der Waals surface area contributed by atoms with Crippen molar-refractivity contribution in [1.29, 1.82) is 0 Å². The number of carbonyl (C=O) groups excluding carboxylic acids is 4. The van der Waals surface area contributed by atoms with Crippen molar-refractivity contribution in [3.8, 4) is 0 Å². The van der Waals surface area contributed by atoms with Crippen LogP contribution in [0.5, 0.6) is 0 Å². The molecule has 0 aromatic rings. The third-order valence-electron chi connectivity index (χ3n) is 17.8. The van der Waals surface area contributed by atoms with Crippen LogP contribution >= 0.6 is 15.6 Å². The highest BCUT2D eigenvalue weighted by molar-refractivity contribution is 7.47. The van der Waals surface area contributed by atoms with Gasteiger partial charge in [-0.1, -0.05) is 329 Å². The quantitative estimate of drug-likeness (QED) is 0.0169. The van der Waals surface area contributed by atoms with E-state index < -0.39 is 97.5 Å². The van der Waals surface area contributed by atoms with Crippen molar-refractivity contribution in [2.45, 2.75) is 400 Å². The maximum atomic E-state index is 13.1. The number of rotatable bonds is 75. The van der Waals surface area contributed by atoms with E-state index in [1.807, 2.05) is 0 Å². The molecule has 0 fully saturated rings. The summed E-state index contributed by atoms with van der Waals surface area (Å²) in [4.78, 5) is 72.7. The van der Waals surface area contributed by atoms with Gasteiger partial charge in [0.15, 0.2) is 12.2 Å². The normalized spacial score (nSPS) is 14.4. The van der Waals surface area contributed by atoms with Crippen LogP contribution in [-0.2, 0) is 65.4 Å². The Kier molecular flexibility index (Phi) is 67.8. The van der Waals surface area contributed by atoms with Crippen LogP contribution in [0.15, 0.2) is 24.3 Å². The first-order chi connectivity index (χ1) is 46.6. The smallest absolute Gasteiger partial charge is 0.462 e. The molecule has 6 atom stereocenters. The molecule has 0 aliphatic heterocycles. The van der Waals surface area contributed by atoms with Crippen LogP contribution in [0.2, 0.25) is 0 Å². The van der Waals surface area contributed by atoms with Crippen molar-refractivity contribution in [3.63, 3.8) is 0 Å². The average Bonchev–Trinajstić information content (AvgIpc) is 2.50. The van der Waals surface area contributed by atoms with Crippen molar-refractivity contribution in [2.75, 3.05) is 39.6 Å². The zero-order valence-electron chi connectivity index (χ0n) is 62.0. The fraction of sp³-hybridized carbons (Fsp3) is 0.896. The summed E-state index contributed by atoms with van der Waals surface area (Å²) in [6.45, 7) is 7.15. The molecule has 0 bridgehead atoms. The van der Waals surface area contributed by atoms with Crippen molar-refractivity contribution < 1.29 is 80.2 Å². The summed E-state index contributed by atoms with van der Waals surface area (Å²) < 4.78 is 68.4. The van der Waals surface area contributed by atoms with Gasteiger partial charge in [0.25, 0.3) is 0 Å². The molecule has 0 radical (unpaired) electrons. The van der Waals surface area contributed by atoms with E-state index in [1.54, 1.807) is 0 Å². The van der Waals surface area contributed by atoms with E-state index in [9.17, 15) is 43.2 Å². The molecule has 3 unspecified atom stereocenters. The zero-order valence-corrected chi connectivity index (χ0v) is 63.8. The van der Waals surface area contributed by atoms with Gasteiger partial charge < -0.3 is 33.8 Å². The Hall–Kier alpha value is -2.46. The third-order valence-corrected chi connectivity index (χ3v) is 19.7. The zero-order chi connectivity index (χ0) is 70.5. The van der Waals surface area contributed by atoms with Crippen molar-refractivity contribution in [3.05, 3.63) is 24.3 Å². The van der Waals surface area contributed by atoms with Crippen LogP contribution in [0.4, 0.5) is 0 Å². The van der Waals surface area contributed by atoms with Crippen LogP contribution in [0.1, 0.15) is 381 Å². The summed E-state index contributed by atoms with van der Waals surface area (Å²) in [6.07, 6.45) is 62.1. The minimum Gasteiger partial charge on any atom is -0.462 e. The molecular weight excluding hydrogens is 1260 g/mol. The van der Waals surface area contributed by atoms with Gasteiger partial charge in [-0.25, -0.2) is 9.13 Å². The number of carbonyl (C=O) groups is 4. The number of aliphatic hydroxyl groups excluding tert-OH is 1. The van der Waals surface area contributed by atoms with Crippen LogP contribution < -0.4 is 0 Å². The number of allylic oxidation sites excluding steroid dienone is 4. The van der Waals surface area contributed by atoms with E-state index in [2.05, 4.69) is 58.9 Å². The second kappa shape index (κ2) is 69.6. The summed E-state index contributed by atoms with van der Waals surface area (Å²) in [5.74, 6) is -1.43. The number of ether oxygens (including phenoxy) is 4. The van der Waals surface area contributed by atoms with Crippen LogP contribution in [0.25, 0.3) is 0 Å². The Balaban J connectivity index is 5.20. The van der Waals surface area contributed by atoms with E-state index in [4.69, 9.17) is 37.0 Å². The Labute approximate surface area is 586 Å². The van der Waals surface area contributed by atoms with Gasteiger partial charge in [0.2, 0.25) is 0 Å². The summed E-state index contributed by atoms with van der Waals surface area (Å²) in [5, 5.41) is 10.6. The van der Waals surface area contributed by atoms with Crippen LogP contribution in [0, 0.1) is 5.92 Å². The monoisotopic (exact) mass is 1410 g/mol. The second-order valence-electron chi connectivity index (χ2n) is 27.3. The SMILES string of the molecule is CCCCCC/C=C\C=C/CCCCCCCC(=O)OC[C@H](COP(=O)(O)OC[C@@H](O)COP(=O)(O)OC[C@@H](COC(=O)CCCCCCCCCCC)OC(=O)CCCCCCCCC(C)CC)OC(=O)CCCCCCCCCCCCCCCCCCCCCCCC. The lowest BCUT2D eigenvalue weighted by molar-refractivity contribution is -0.161. The van der Waals surface area contributed by atoms with Crippen molar-refractivity contribution >= 4 is 39.5 Å². The first kappa shape index (κ1) is 93.5.